The molecule has 2 saturated heterocycles. The number of piperazine rings is 1. The zero-order valence-corrected chi connectivity index (χ0v) is 31.1. The first-order chi connectivity index (χ1) is 26.2. The Morgan fingerprint density at radius 1 is 0.907 bits per heavy atom. The number of nitrogens with one attached hydrogen (secondary N) is 2. The number of fused-ring (bicyclic) bond motifs is 1. The first kappa shape index (κ1) is 38.5. The number of nitrogens with zero attached hydrogens (tertiary/aromatic N) is 4. The van der Waals surface area contributed by atoms with Crippen molar-refractivity contribution >= 4 is 40.6 Å². The topological polar surface area (TPSA) is 160 Å². The van der Waals surface area contributed by atoms with E-state index in [0.29, 0.717) is 43.6 Å². The standard InChI is InChI=1S/C40H50N6O8/c1-3-53-40(51)45-20-18-44(19-21-45)39(50)31(16-22-52-25-28-9-5-4-6-10-28)43-37(48)33-24-35(30-15-14-27(2)23-32(30)42-33)54-26-36(47)46-17-8-13-34(46)38(49)41-29-11-7-12-29/h4-6,9-10,14-15,23-24,29,31,34H,3,7-8,11-13,16-22,25-26H2,1-2H3,(H,41,49)(H,43,48)/t31-,34-/m0/s1. The SMILES string of the molecule is CCOC(=O)N1CCN(C(=O)[C@H](CCOCc2ccccc2)NC(=O)c2cc(OCC(=O)N3CCC[C@H]3C(=O)NC3CCC3)c3ccc(C)cc3n2)CC1. The first-order valence-corrected chi connectivity index (χ1v) is 19.0. The van der Waals surface area contributed by atoms with Gasteiger partial charge in [0.25, 0.3) is 11.8 Å². The van der Waals surface area contributed by atoms with E-state index in [1.54, 1.807) is 21.6 Å². The van der Waals surface area contributed by atoms with Gasteiger partial charge in [-0.15, -0.1) is 0 Å². The van der Waals surface area contributed by atoms with Crippen LogP contribution in [0, 0.1) is 6.92 Å². The van der Waals surface area contributed by atoms with E-state index in [1.807, 2.05) is 55.5 Å². The van der Waals surface area contributed by atoms with Crippen molar-refractivity contribution in [1.29, 1.82) is 0 Å². The average Bonchev–Trinajstić information content (AvgIpc) is 3.67. The van der Waals surface area contributed by atoms with Gasteiger partial charge in [-0.1, -0.05) is 36.4 Å². The van der Waals surface area contributed by atoms with E-state index >= 15 is 0 Å². The van der Waals surface area contributed by atoms with Crippen LogP contribution in [0.25, 0.3) is 10.9 Å². The highest BCUT2D eigenvalue weighted by molar-refractivity contribution is 5.99. The van der Waals surface area contributed by atoms with Gasteiger partial charge in [0.15, 0.2) is 6.61 Å². The van der Waals surface area contributed by atoms with Crippen LogP contribution in [-0.2, 0) is 30.5 Å². The quantitative estimate of drug-likeness (QED) is 0.236. The highest BCUT2D eigenvalue weighted by Gasteiger charge is 2.36. The number of rotatable bonds is 14. The third-order valence-electron chi connectivity index (χ3n) is 10.2. The molecule has 2 aromatic carbocycles. The summed E-state index contributed by atoms with van der Waals surface area (Å²) in [5.41, 5.74) is 2.41. The Labute approximate surface area is 315 Å². The molecule has 5 amide bonds. The lowest BCUT2D eigenvalue weighted by molar-refractivity contribution is -0.140. The predicted octanol–water partition coefficient (Wildman–Crippen LogP) is 3.59. The van der Waals surface area contributed by atoms with Crippen molar-refractivity contribution in [3.63, 3.8) is 0 Å². The minimum Gasteiger partial charge on any atom is -0.483 e. The maximum absolute atomic E-state index is 13.9. The van der Waals surface area contributed by atoms with Gasteiger partial charge < -0.3 is 39.5 Å². The van der Waals surface area contributed by atoms with Crippen LogP contribution in [0.3, 0.4) is 0 Å². The van der Waals surface area contributed by atoms with Crippen LogP contribution in [-0.4, -0.2) is 120 Å². The number of benzene rings is 2. The van der Waals surface area contributed by atoms with E-state index in [9.17, 15) is 24.0 Å². The van der Waals surface area contributed by atoms with Gasteiger partial charge in [0.2, 0.25) is 11.8 Å². The van der Waals surface area contributed by atoms with Crippen LogP contribution >= 0.6 is 0 Å². The highest BCUT2D eigenvalue weighted by Crippen LogP contribution is 2.28. The Balaban J connectivity index is 1.15. The lowest BCUT2D eigenvalue weighted by atomic mass is 9.93. The fraction of sp³-hybridized carbons (Fsp3) is 0.500. The molecule has 288 valence electrons. The van der Waals surface area contributed by atoms with Crippen molar-refractivity contribution in [2.45, 2.75) is 77.1 Å². The number of aryl methyl sites for hydroxylation is 1. The van der Waals surface area contributed by atoms with Crippen LogP contribution in [0.5, 0.6) is 5.75 Å². The second kappa shape index (κ2) is 18.2. The van der Waals surface area contributed by atoms with Gasteiger partial charge in [-0.2, -0.15) is 0 Å². The third kappa shape index (κ3) is 9.64. The van der Waals surface area contributed by atoms with Crippen LogP contribution in [0.4, 0.5) is 4.79 Å². The Morgan fingerprint density at radius 3 is 2.39 bits per heavy atom. The van der Waals surface area contributed by atoms with Crippen LogP contribution in [0.2, 0.25) is 0 Å². The molecule has 0 unspecified atom stereocenters. The summed E-state index contributed by atoms with van der Waals surface area (Å²) in [5.74, 6) is -1.03. The van der Waals surface area contributed by atoms with E-state index in [0.717, 1.165) is 36.8 Å². The maximum atomic E-state index is 13.9. The third-order valence-corrected chi connectivity index (χ3v) is 10.2. The Hall–Kier alpha value is -5.24. The summed E-state index contributed by atoms with van der Waals surface area (Å²) in [6, 6.07) is 15.4. The van der Waals surface area contributed by atoms with Crippen molar-refractivity contribution in [2.75, 3.05) is 52.5 Å². The normalized spacial score (nSPS) is 17.8. The summed E-state index contributed by atoms with van der Waals surface area (Å²) in [6.07, 6.45) is 4.14. The molecule has 14 nitrogen and oxygen atoms in total. The van der Waals surface area contributed by atoms with Gasteiger partial charge in [-0.25, -0.2) is 9.78 Å². The van der Waals surface area contributed by atoms with Crippen LogP contribution in [0.15, 0.2) is 54.6 Å². The molecule has 54 heavy (non-hydrogen) atoms. The van der Waals surface area contributed by atoms with Crippen molar-refractivity contribution in [1.82, 2.24) is 30.3 Å². The number of pyridine rings is 1. The van der Waals surface area contributed by atoms with E-state index in [1.165, 1.54) is 6.07 Å². The molecule has 1 aliphatic carbocycles. The molecule has 1 saturated carbocycles. The van der Waals surface area contributed by atoms with Gasteiger partial charge in [-0.3, -0.25) is 19.2 Å². The first-order valence-electron chi connectivity index (χ1n) is 19.0. The number of aromatic nitrogens is 1. The van der Waals surface area contributed by atoms with Gasteiger partial charge in [0.1, 0.15) is 23.5 Å². The molecule has 3 heterocycles. The number of likely N-dealkylation sites (tertiary alicyclic amines) is 1. The summed E-state index contributed by atoms with van der Waals surface area (Å²) in [7, 11) is 0. The minimum atomic E-state index is -0.943. The van der Waals surface area contributed by atoms with Crippen molar-refractivity contribution in [2.24, 2.45) is 0 Å². The molecule has 0 radical (unpaired) electrons. The molecular formula is C40H50N6O8. The number of carbonyl (C=O) groups is 5. The number of hydrogen-bond donors (Lipinski definition) is 2. The second-order valence-electron chi connectivity index (χ2n) is 14.1. The van der Waals surface area contributed by atoms with Crippen LogP contribution in [0.1, 0.15) is 67.1 Å². The highest BCUT2D eigenvalue weighted by atomic mass is 16.6. The Kier molecular flexibility index (Phi) is 13.0. The lowest BCUT2D eigenvalue weighted by Crippen LogP contribution is -2.56. The van der Waals surface area contributed by atoms with Gasteiger partial charge in [-0.05, 0) is 75.6 Å². The summed E-state index contributed by atoms with van der Waals surface area (Å²) in [4.78, 5) is 75.9. The molecule has 1 aromatic heterocycles. The van der Waals surface area contributed by atoms with Gasteiger partial charge in [0, 0.05) is 56.8 Å². The molecule has 3 fully saturated rings. The minimum absolute atomic E-state index is 0.0182. The smallest absolute Gasteiger partial charge is 0.409 e. The number of hydrogen-bond acceptors (Lipinski definition) is 9. The molecule has 3 aromatic rings. The van der Waals surface area contributed by atoms with Gasteiger partial charge in [0.05, 0.1) is 18.7 Å². The van der Waals surface area contributed by atoms with E-state index in [2.05, 4.69) is 15.6 Å². The maximum Gasteiger partial charge on any atom is 0.409 e. The molecule has 0 bridgehead atoms. The molecular weight excluding hydrogens is 692 g/mol. The molecule has 2 aliphatic heterocycles. The van der Waals surface area contributed by atoms with Gasteiger partial charge >= 0.3 is 6.09 Å². The number of amides is 5. The van der Waals surface area contributed by atoms with Crippen LogP contribution < -0.4 is 15.4 Å². The fourth-order valence-electron chi connectivity index (χ4n) is 6.95. The Morgan fingerprint density at radius 2 is 1.67 bits per heavy atom. The molecule has 2 N–H and O–H groups in total. The van der Waals surface area contributed by atoms with E-state index < -0.39 is 24.1 Å². The second-order valence-corrected chi connectivity index (χ2v) is 14.1. The summed E-state index contributed by atoms with van der Waals surface area (Å²) >= 11 is 0. The van der Waals surface area contributed by atoms with Crippen molar-refractivity contribution < 1.29 is 38.2 Å². The van der Waals surface area contributed by atoms with E-state index in [-0.39, 0.29) is 74.5 Å². The van der Waals surface area contributed by atoms with E-state index in [4.69, 9.17) is 14.2 Å². The number of ether oxygens (including phenoxy) is 3. The largest absolute Gasteiger partial charge is 0.483 e. The Bertz CT molecular complexity index is 1810. The molecule has 2 atom stereocenters. The molecule has 0 spiro atoms. The average molecular weight is 743 g/mol. The summed E-state index contributed by atoms with van der Waals surface area (Å²) < 4.78 is 17.1. The predicted molar refractivity (Wildman–Crippen MR) is 200 cm³/mol. The fourth-order valence-corrected chi connectivity index (χ4v) is 6.95. The lowest BCUT2D eigenvalue weighted by Gasteiger charge is -2.36. The van der Waals surface area contributed by atoms with Crippen molar-refractivity contribution in [3.8, 4) is 5.75 Å². The zero-order chi connectivity index (χ0) is 38.0. The number of carbonyl (C=O) groups excluding carboxylic acids is 5. The molecule has 6 rings (SSSR count). The summed E-state index contributed by atoms with van der Waals surface area (Å²) in [6.45, 7) is 5.80. The molecule has 3 aliphatic rings. The summed E-state index contributed by atoms with van der Waals surface area (Å²) in [5, 5.41) is 6.57. The van der Waals surface area contributed by atoms with Crippen molar-refractivity contribution in [3.05, 3.63) is 71.4 Å². The zero-order valence-electron chi connectivity index (χ0n) is 31.1. The molecule has 14 heteroatoms. The monoisotopic (exact) mass is 742 g/mol.